The number of hydrogen-bond acceptors (Lipinski definition) is 4. The second kappa shape index (κ2) is 3.74. The van der Waals surface area contributed by atoms with Crippen LogP contribution >= 0.6 is 11.3 Å². The molecule has 0 spiro atoms. The zero-order chi connectivity index (χ0) is 11.9. The van der Waals surface area contributed by atoms with Crippen LogP contribution in [-0.4, -0.2) is 22.7 Å². The van der Waals surface area contributed by atoms with Gasteiger partial charge in [0, 0.05) is 34.1 Å². The van der Waals surface area contributed by atoms with E-state index in [-0.39, 0.29) is 0 Å². The van der Waals surface area contributed by atoms with Gasteiger partial charge in [-0.25, -0.2) is 9.66 Å². The van der Waals surface area contributed by atoms with Crippen LogP contribution in [0.4, 0.5) is 5.95 Å². The van der Waals surface area contributed by atoms with Gasteiger partial charge in [0.15, 0.2) is 0 Å². The van der Waals surface area contributed by atoms with Crippen LogP contribution in [0, 0.1) is 0 Å². The molecule has 0 unspecified atom stereocenters. The van der Waals surface area contributed by atoms with Gasteiger partial charge in [-0.3, -0.25) is 0 Å². The van der Waals surface area contributed by atoms with Crippen LogP contribution in [0.3, 0.4) is 0 Å². The largest absolute Gasteiger partial charge is 0.352 e. The van der Waals surface area contributed by atoms with Gasteiger partial charge in [0.1, 0.15) is 0 Å². The molecular formula is C13H12N4S. The van der Waals surface area contributed by atoms with E-state index in [1.54, 1.807) is 11.3 Å². The second-order valence-corrected chi connectivity index (χ2v) is 5.21. The Labute approximate surface area is 108 Å². The number of nitrogens with one attached hydrogen (secondary N) is 2. The molecule has 0 radical (unpaired) electrons. The molecule has 1 aliphatic rings. The summed E-state index contributed by atoms with van der Waals surface area (Å²) in [6.07, 6.45) is 2.05. The van der Waals surface area contributed by atoms with Crippen molar-refractivity contribution >= 4 is 27.4 Å². The number of anilines is 1. The van der Waals surface area contributed by atoms with Gasteiger partial charge in [-0.2, -0.15) is 0 Å². The molecule has 90 valence electrons. The van der Waals surface area contributed by atoms with E-state index in [1.807, 2.05) is 4.68 Å². The standard InChI is InChI=1S/C13H12N4S/c1-2-4-12-9(3-1)10(8-18-12)11-7-17-13(16-11)14-5-6-15-17/h1-4,7-8,15H,5-6H2,(H,14,16). The Hall–Kier alpha value is -2.01. The average molecular weight is 256 g/mol. The summed E-state index contributed by atoms with van der Waals surface area (Å²) in [7, 11) is 0. The van der Waals surface area contributed by atoms with Crippen LogP contribution in [0.15, 0.2) is 35.8 Å². The van der Waals surface area contributed by atoms with Crippen molar-refractivity contribution < 1.29 is 0 Å². The summed E-state index contributed by atoms with van der Waals surface area (Å²) in [5.74, 6) is 0.895. The van der Waals surface area contributed by atoms with Crippen LogP contribution in [0.2, 0.25) is 0 Å². The van der Waals surface area contributed by atoms with E-state index >= 15 is 0 Å². The Morgan fingerprint density at radius 2 is 2.17 bits per heavy atom. The van der Waals surface area contributed by atoms with Crippen LogP contribution in [0.5, 0.6) is 0 Å². The van der Waals surface area contributed by atoms with Crippen molar-refractivity contribution in [2.24, 2.45) is 0 Å². The smallest absolute Gasteiger partial charge is 0.222 e. The second-order valence-electron chi connectivity index (χ2n) is 4.30. The Morgan fingerprint density at radius 3 is 3.11 bits per heavy atom. The highest BCUT2D eigenvalue weighted by Gasteiger charge is 2.14. The van der Waals surface area contributed by atoms with Gasteiger partial charge in [-0.15, -0.1) is 11.3 Å². The minimum atomic E-state index is 0.895. The molecule has 2 N–H and O–H groups in total. The van der Waals surface area contributed by atoms with Crippen molar-refractivity contribution in [3.05, 3.63) is 35.8 Å². The number of aromatic nitrogens is 2. The van der Waals surface area contributed by atoms with Crippen LogP contribution in [0.25, 0.3) is 21.3 Å². The molecule has 4 rings (SSSR count). The zero-order valence-corrected chi connectivity index (χ0v) is 10.5. The third-order valence-corrected chi connectivity index (χ3v) is 4.12. The molecule has 0 bridgehead atoms. The molecule has 0 amide bonds. The Bertz CT molecular complexity index is 689. The lowest BCUT2D eigenvalue weighted by molar-refractivity contribution is 0.793. The number of hydrogen-bond donors (Lipinski definition) is 2. The summed E-state index contributed by atoms with van der Waals surface area (Å²) in [6.45, 7) is 1.84. The lowest BCUT2D eigenvalue weighted by Crippen LogP contribution is -2.29. The minimum absolute atomic E-state index is 0.895. The van der Waals surface area contributed by atoms with E-state index in [1.165, 1.54) is 15.6 Å². The normalized spacial score (nSPS) is 14.0. The Morgan fingerprint density at radius 1 is 1.22 bits per heavy atom. The maximum Gasteiger partial charge on any atom is 0.222 e. The van der Waals surface area contributed by atoms with Gasteiger partial charge < -0.3 is 10.7 Å². The molecule has 2 aromatic heterocycles. The van der Waals surface area contributed by atoms with Gasteiger partial charge in [0.25, 0.3) is 0 Å². The lowest BCUT2D eigenvalue weighted by atomic mass is 10.1. The fourth-order valence-corrected chi connectivity index (χ4v) is 3.24. The van der Waals surface area contributed by atoms with E-state index in [0.717, 1.165) is 24.7 Å². The number of benzene rings is 1. The van der Waals surface area contributed by atoms with E-state index in [2.05, 4.69) is 51.6 Å². The quantitative estimate of drug-likeness (QED) is 0.703. The zero-order valence-electron chi connectivity index (χ0n) is 9.68. The maximum atomic E-state index is 4.64. The average Bonchev–Trinajstić information content (AvgIpc) is 3.02. The summed E-state index contributed by atoms with van der Waals surface area (Å²) in [5, 5.41) is 6.74. The molecule has 0 saturated heterocycles. The van der Waals surface area contributed by atoms with Crippen molar-refractivity contribution in [1.82, 2.24) is 9.66 Å². The SMILES string of the molecule is c1ccc2c(-c3cn4c(n3)NCCN4)csc2c1. The van der Waals surface area contributed by atoms with Crippen molar-refractivity contribution in [3.8, 4) is 11.3 Å². The highest BCUT2D eigenvalue weighted by molar-refractivity contribution is 7.17. The third-order valence-electron chi connectivity index (χ3n) is 3.15. The van der Waals surface area contributed by atoms with Crippen molar-refractivity contribution in [2.45, 2.75) is 0 Å². The summed E-state index contributed by atoms with van der Waals surface area (Å²) >= 11 is 1.76. The Kier molecular flexibility index (Phi) is 2.07. The van der Waals surface area contributed by atoms with Crippen molar-refractivity contribution in [3.63, 3.8) is 0 Å². The number of rotatable bonds is 1. The molecule has 0 aliphatic carbocycles. The molecule has 0 atom stereocenters. The molecule has 5 heteroatoms. The van der Waals surface area contributed by atoms with E-state index in [4.69, 9.17) is 0 Å². The first-order chi connectivity index (χ1) is 8.92. The molecule has 0 saturated carbocycles. The lowest BCUT2D eigenvalue weighted by Gasteiger charge is -2.16. The van der Waals surface area contributed by atoms with Gasteiger partial charge in [0.05, 0.1) is 11.9 Å². The number of fused-ring (bicyclic) bond motifs is 2. The highest BCUT2D eigenvalue weighted by Crippen LogP contribution is 2.33. The predicted molar refractivity (Wildman–Crippen MR) is 75.8 cm³/mol. The van der Waals surface area contributed by atoms with Crippen LogP contribution in [0.1, 0.15) is 0 Å². The molecule has 4 nitrogen and oxygen atoms in total. The van der Waals surface area contributed by atoms with Crippen molar-refractivity contribution in [2.75, 3.05) is 23.8 Å². The summed E-state index contributed by atoms with van der Waals surface area (Å²) in [4.78, 5) is 4.64. The van der Waals surface area contributed by atoms with E-state index in [9.17, 15) is 0 Å². The van der Waals surface area contributed by atoms with Crippen molar-refractivity contribution in [1.29, 1.82) is 0 Å². The van der Waals surface area contributed by atoms with Gasteiger partial charge in [0.2, 0.25) is 5.95 Å². The van der Waals surface area contributed by atoms with Crippen LogP contribution < -0.4 is 10.7 Å². The summed E-state index contributed by atoms with van der Waals surface area (Å²) < 4.78 is 3.27. The number of nitrogens with zero attached hydrogens (tertiary/aromatic N) is 2. The molecule has 1 aromatic carbocycles. The predicted octanol–water partition coefficient (Wildman–Crippen LogP) is 2.73. The first-order valence-corrected chi connectivity index (χ1v) is 6.83. The molecule has 1 aliphatic heterocycles. The van der Waals surface area contributed by atoms with Gasteiger partial charge in [-0.1, -0.05) is 18.2 Å². The fraction of sp³-hybridized carbons (Fsp3) is 0.154. The topological polar surface area (TPSA) is 41.9 Å². The third kappa shape index (κ3) is 1.41. The van der Waals surface area contributed by atoms with E-state index < -0.39 is 0 Å². The first kappa shape index (κ1) is 9.96. The van der Waals surface area contributed by atoms with Gasteiger partial charge >= 0.3 is 0 Å². The highest BCUT2D eigenvalue weighted by atomic mass is 32.1. The molecule has 3 heterocycles. The summed E-state index contributed by atoms with van der Waals surface area (Å²) in [6, 6.07) is 8.45. The Balaban J connectivity index is 1.89. The summed E-state index contributed by atoms with van der Waals surface area (Å²) in [5.41, 5.74) is 5.52. The maximum absolute atomic E-state index is 4.64. The molecule has 18 heavy (non-hydrogen) atoms. The van der Waals surface area contributed by atoms with E-state index in [0.29, 0.717) is 0 Å². The van der Waals surface area contributed by atoms with Gasteiger partial charge in [-0.05, 0) is 6.07 Å². The molecule has 0 fully saturated rings. The number of thiophene rings is 1. The molecular weight excluding hydrogens is 244 g/mol. The molecule has 3 aromatic rings. The minimum Gasteiger partial charge on any atom is -0.352 e. The van der Waals surface area contributed by atoms with Crippen LogP contribution in [-0.2, 0) is 0 Å². The fourth-order valence-electron chi connectivity index (χ4n) is 2.28. The monoisotopic (exact) mass is 256 g/mol. The number of imidazole rings is 1. The first-order valence-electron chi connectivity index (χ1n) is 5.95.